The van der Waals surface area contributed by atoms with Gasteiger partial charge in [0.05, 0.1) is 16.2 Å². The van der Waals surface area contributed by atoms with Crippen molar-refractivity contribution >= 4 is 23.2 Å². The van der Waals surface area contributed by atoms with E-state index in [0.717, 1.165) is 25.7 Å². The monoisotopic (exact) mass is 308 g/mol. The molecule has 1 aromatic rings. The second-order valence-electron chi connectivity index (χ2n) is 6.29. The Bertz CT molecular complexity index is 563. The van der Waals surface area contributed by atoms with Crippen LogP contribution < -0.4 is 5.73 Å². The summed E-state index contributed by atoms with van der Waals surface area (Å²) in [6.07, 6.45) is 4.73. The number of hydrogen-bond donors (Lipinski definition) is 2. The lowest BCUT2D eigenvalue weighted by Crippen LogP contribution is -2.54. The third-order valence-corrected chi connectivity index (χ3v) is 5.27. The molecule has 1 aliphatic carbocycles. The second kappa shape index (κ2) is 5.50. The zero-order valence-electron chi connectivity index (χ0n) is 12.0. The molecular formula is C16H21ClN2O2. The molecule has 114 valence electrons. The minimum Gasteiger partial charge on any atom is -0.399 e. The van der Waals surface area contributed by atoms with Crippen LogP contribution in [-0.2, 0) is 0 Å². The Kier molecular flexibility index (Phi) is 3.84. The van der Waals surface area contributed by atoms with Crippen LogP contribution in [0.25, 0.3) is 0 Å². The highest BCUT2D eigenvalue weighted by Gasteiger charge is 2.43. The van der Waals surface area contributed by atoms with Crippen molar-refractivity contribution in [3.8, 4) is 0 Å². The van der Waals surface area contributed by atoms with Crippen molar-refractivity contribution in [2.24, 2.45) is 5.92 Å². The number of aliphatic hydroxyl groups is 1. The lowest BCUT2D eigenvalue weighted by molar-refractivity contribution is -0.0886. The maximum absolute atomic E-state index is 12.7. The fourth-order valence-electron chi connectivity index (χ4n) is 3.63. The van der Waals surface area contributed by atoms with Gasteiger partial charge in [0.2, 0.25) is 0 Å². The first-order valence-corrected chi connectivity index (χ1v) is 7.94. The molecule has 4 nitrogen and oxygen atoms in total. The van der Waals surface area contributed by atoms with E-state index >= 15 is 0 Å². The quantitative estimate of drug-likeness (QED) is 0.784. The highest BCUT2D eigenvalue weighted by atomic mass is 35.5. The van der Waals surface area contributed by atoms with Gasteiger partial charge in [-0.3, -0.25) is 4.79 Å². The molecule has 2 atom stereocenters. The number of rotatable bonds is 1. The fraction of sp³-hybridized carbons (Fsp3) is 0.562. The van der Waals surface area contributed by atoms with Gasteiger partial charge >= 0.3 is 0 Å². The summed E-state index contributed by atoms with van der Waals surface area (Å²) in [4.78, 5) is 14.5. The number of nitrogens with zero attached hydrogens (tertiary/aromatic N) is 1. The van der Waals surface area contributed by atoms with Gasteiger partial charge < -0.3 is 15.7 Å². The second-order valence-corrected chi connectivity index (χ2v) is 6.69. The van der Waals surface area contributed by atoms with Crippen LogP contribution in [0.2, 0.25) is 5.02 Å². The molecule has 2 aliphatic rings. The Morgan fingerprint density at radius 1 is 1.38 bits per heavy atom. The molecule has 0 aromatic heterocycles. The maximum Gasteiger partial charge on any atom is 0.255 e. The highest BCUT2D eigenvalue weighted by Crippen LogP contribution is 2.40. The molecule has 1 amide bonds. The van der Waals surface area contributed by atoms with Gasteiger partial charge in [-0.1, -0.05) is 24.4 Å². The van der Waals surface area contributed by atoms with E-state index in [1.54, 1.807) is 18.2 Å². The molecule has 3 rings (SSSR count). The Labute approximate surface area is 129 Å². The third-order valence-electron chi connectivity index (χ3n) is 4.94. The van der Waals surface area contributed by atoms with Crippen molar-refractivity contribution in [2.45, 2.75) is 37.7 Å². The van der Waals surface area contributed by atoms with E-state index in [9.17, 15) is 9.90 Å². The molecule has 21 heavy (non-hydrogen) atoms. The smallest absolute Gasteiger partial charge is 0.255 e. The van der Waals surface area contributed by atoms with Crippen LogP contribution in [0, 0.1) is 5.92 Å². The summed E-state index contributed by atoms with van der Waals surface area (Å²) in [5.41, 5.74) is 6.17. The minimum atomic E-state index is -0.575. The van der Waals surface area contributed by atoms with Gasteiger partial charge in [0.25, 0.3) is 5.91 Å². The number of halogens is 1. The third kappa shape index (κ3) is 2.74. The summed E-state index contributed by atoms with van der Waals surface area (Å²) < 4.78 is 0. The molecule has 2 unspecified atom stereocenters. The predicted octanol–water partition coefficient (Wildman–Crippen LogP) is 2.69. The van der Waals surface area contributed by atoms with E-state index in [4.69, 9.17) is 17.3 Å². The number of likely N-dealkylation sites (tertiary alicyclic amines) is 1. The molecule has 0 radical (unpaired) electrons. The van der Waals surface area contributed by atoms with Crippen LogP contribution in [0.15, 0.2) is 18.2 Å². The number of nitrogens with two attached hydrogens (primary N) is 1. The molecule has 0 bridgehead atoms. The minimum absolute atomic E-state index is 0.0834. The zero-order chi connectivity index (χ0) is 15.0. The van der Waals surface area contributed by atoms with Crippen LogP contribution in [0.1, 0.15) is 42.5 Å². The number of fused-ring (bicyclic) bond motifs is 1. The molecule has 1 saturated heterocycles. The van der Waals surface area contributed by atoms with Gasteiger partial charge in [-0.2, -0.15) is 0 Å². The van der Waals surface area contributed by atoms with E-state index in [1.807, 2.05) is 4.90 Å². The Balaban J connectivity index is 1.79. The van der Waals surface area contributed by atoms with E-state index in [2.05, 4.69) is 0 Å². The van der Waals surface area contributed by atoms with Gasteiger partial charge in [-0.05, 0) is 37.5 Å². The van der Waals surface area contributed by atoms with Gasteiger partial charge in [0.15, 0.2) is 0 Å². The lowest BCUT2D eigenvalue weighted by Gasteiger charge is -2.47. The first-order valence-electron chi connectivity index (χ1n) is 7.56. The number of amides is 1. The number of hydrogen-bond acceptors (Lipinski definition) is 3. The summed E-state index contributed by atoms with van der Waals surface area (Å²) in [6, 6.07) is 4.98. The average molecular weight is 309 g/mol. The Morgan fingerprint density at radius 2 is 2.19 bits per heavy atom. The first-order chi connectivity index (χ1) is 9.99. The van der Waals surface area contributed by atoms with Gasteiger partial charge in [0.1, 0.15) is 0 Å². The number of carbonyl (C=O) groups is 1. The lowest BCUT2D eigenvalue weighted by atomic mass is 9.71. The molecule has 0 spiro atoms. The Morgan fingerprint density at radius 3 is 3.00 bits per heavy atom. The van der Waals surface area contributed by atoms with E-state index < -0.39 is 5.60 Å². The predicted molar refractivity (Wildman–Crippen MR) is 83.3 cm³/mol. The van der Waals surface area contributed by atoms with Gasteiger partial charge in [-0.15, -0.1) is 0 Å². The first kappa shape index (κ1) is 14.7. The van der Waals surface area contributed by atoms with Crippen LogP contribution in [0.5, 0.6) is 0 Å². The van der Waals surface area contributed by atoms with Gasteiger partial charge in [0, 0.05) is 24.7 Å². The van der Waals surface area contributed by atoms with Crippen LogP contribution in [-0.4, -0.2) is 34.6 Å². The molecular weight excluding hydrogens is 288 g/mol. The molecule has 1 heterocycles. The largest absolute Gasteiger partial charge is 0.399 e. The maximum atomic E-state index is 12.7. The SMILES string of the molecule is Nc1ccc(Cl)c(C(=O)N2CCC3(O)CCCCC3C2)c1. The highest BCUT2D eigenvalue weighted by molar-refractivity contribution is 6.34. The topological polar surface area (TPSA) is 66.6 Å². The van der Waals surface area contributed by atoms with Crippen molar-refractivity contribution in [3.63, 3.8) is 0 Å². The van der Waals surface area contributed by atoms with E-state index in [-0.39, 0.29) is 11.8 Å². The summed E-state index contributed by atoms with van der Waals surface area (Å²) in [7, 11) is 0. The summed E-state index contributed by atoms with van der Waals surface area (Å²) in [5, 5.41) is 11.1. The van der Waals surface area contributed by atoms with E-state index in [1.165, 1.54) is 0 Å². The summed E-state index contributed by atoms with van der Waals surface area (Å²) in [6.45, 7) is 1.19. The molecule has 3 N–H and O–H groups in total. The van der Waals surface area contributed by atoms with Crippen LogP contribution in [0.4, 0.5) is 5.69 Å². The van der Waals surface area contributed by atoms with Crippen molar-refractivity contribution in [1.29, 1.82) is 0 Å². The number of benzene rings is 1. The molecule has 1 saturated carbocycles. The molecule has 1 aromatic carbocycles. The number of carbonyl (C=O) groups excluding carboxylic acids is 1. The van der Waals surface area contributed by atoms with Gasteiger partial charge in [-0.25, -0.2) is 0 Å². The molecule has 2 fully saturated rings. The number of anilines is 1. The zero-order valence-corrected chi connectivity index (χ0v) is 12.8. The van der Waals surface area contributed by atoms with Crippen LogP contribution in [0.3, 0.4) is 0 Å². The summed E-state index contributed by atoms with van der Waals surface area (Å²) in [5.74, 6) is 0.101. The summed E-state index contributed by atoms with van der Waals surface area (Å²) >= 11 is 6.12. The normalized spacial score (nSPS) is 29.0. The number of piperidine rings is 1. The Hall–Kier alpha value is -1.26. The van der Waals surface area contributed by atoms with Crippen molar-refractivity contribution in [3.05, 3.63) is 28.8 Å². The van der Waals surface area contributed by atoms with E-state index in [0.29, 0.717) is 35.8 Å². The standard InChI is InChI=1S/C16H21ClN2O2/c17-14-5-4-12(18)9-13(14)15(20)19-8-7-16(21)6-2-1-3-11(16)10-19/h4-5,9,11,21H,1-3,6-8,10,18H2. The number of nitrogen functional groups attached to an aromatic ring is 1. The fourth-order valence-corrected chi connectivity index (χ4v) is 3.83. The molecule has 1 aliphatic heterocycles. The molecule has 5 heteroatoms. The van der Waals surface area contributed by atoms with Crippen molar-refractivity contribution < 1.29 is 9.90 Å². The van der Waals surface area contributed by atoms with Crippen LogP contribution >= 0.6 is 11.6 Å². The van der Waals surface area contributed by atoms with Crippen molar-refractivity contribution in [2.75, 3.05) is 18.8 Å². The van der Waals surface area contributed by atoms with Crippen molar-refractivity contribution in [1.82, 2.24) is 4.90 Å². The average Bonchev–Trinajstić information content (AvgIpc) is 2.48.